The van der Waals surface area contributed by atoms with Crippen LogP contribution in [-0.2, 0) is 0 Å². The van der Waals surface area contributed by atoms with Crippen molar-refractivity contribution >= 4 is 28.5 Å². The van der Waals surface area contributed by atoms with E-state index in [1.165, 1.54) is 25.3 Å². The van der Waals surface area contributed by atoms with Crippen LogP contribution >= 0.6 is 0 Å². The van der Waals surface area contributed by atoms with Crippen LogP contribution < -0.4 is 20.5 Å². The van der Waals surface area contributed by atoms with E-state index in [0.717, 1.165) is 12.1 Å². The molecular weight excluding hydrogens is 381 g/mol. The first-order chi connectivity index (χ1) is 13.2. The smallest absolute Gasteiger partial charge is 0.497 e. The van der Waals surface area contributed by atoms with E-state index in [-0.39, 0.29) is 22.6 Å². The maximum absolute atomic E-state index is 12.5. The van der Waals surface area contributed by atoms with Gasteiger partial charge in [-0.1, -0.05) is 6.07 Å². The Morgan fingerprint density at radius 1 is 1.11 bits per heavy atom. The van der Waals surface area contributed by atoms with Gasteiger partial charge < -0.3 is 24.9 Å². The van der Waals surface area contributed by atoms with E-state index in [1.807, 2.05) is 0 Å². The van der Waals surface area contributed by atoms with Gasteiger partial charge in [0.15, 0.2) is 0 Å². The number of fused-ring (bicyclic) bond motifs is 1. The van der Waals surface area contributed by atoms with Gasteiger partial charge in [0.2, 0.25) is 5.76 Å². The summed E-state index contributed by atoms with van der Waals surface area (Å²) in [5.41, 5.74) is 5.40. The Kier molecular flexibility index (Phi) is 4.87. The average Bonchev–Trinajstić information content (AvgIpc) is 2.98. The molecule has 2 aromatic carbocycles. The Morgan fingerprint density at radius 3 is 2.50 bits per heavy atom. The van der Waals surface area contributed by atoms with Crippen LogP contribution in [-0.4, -0.2) is 25.3 Å². The Morgan fingerprint density at radius 2 is 1.86 bits per heavy atom. The second-order valence-electron chi connectivity index (χ2n) is 5.56. The molecule has 146 valence electrons. The molecule has 0 saturated carbocycles. The van der Waals surface area contributed by atoms with Crippen LogP contribution in [0, 0.1) is 0 Å². The van der Waals surface area contributed by atoms with E-state index < -0.39 is 23.9 Å². The molecular formula is C18H13F3N2O5. The molecule has 1 aromatic heterocycles. The van der Waals surface area contributed by atoms with Crippen molar-refractivity contribution in [3.63, 3.8) is 0 Å². The number of rotatable bonds is 5. The molecule has 0 aliphatic heterocycles. The number of hydrogen-bond acceptors (Lipinski definition) is 5. The number of halogens is 3. The van der Waals surface area contributed by atoms with E-state index in [4.69, 9.17) is 14.9 Å². The fourth-order valence-electron chi connectivity index (χ4n) is 2.52. The number of anilines is 1. The number of ether oxygens (including phenoxy) is 2. The van der Waals surface area contributed by atoms with Crippen LogP contribution in [0.1, 0.15) is 20.9 Å². The van der Waals surface area contributed by atoms with Gasteiger partial charge >= 0.3 is 6.36 Å². The number of nitrogens with two attached hydrogens (primary N) is 1. The monoisotopic (exact) mass is 394 g/mol. The normalized spacial score (nSPS) is 11.3. The Bertz CT molecular complexity index is 1060. The molecule has 3 rings (SSSR count). The van der Waals surface area contributed by atoms with Gasteiger partial charge in [0, 0.05) is 17.0 Å². The summed E-state index contributed by atoms with van der Waals surface area (Å²) in [6, 6.07) is 9.10. The number of alkyl halides is 3. The van der Waals surface area contributed by atoms with Gasteiger partial charge in [0.25, 0.3) is 11.8 Å². The van der Waals surface area contributed by atoms with Crippen molar-refractivity contribution in [1.82, 2.24) is 0 Å². The topological polar surface area (TPSA) is 104 Å². The largest absolute Gasteiger partial charge is 0.573 e. The Hall–Kier alpha value is -3.69. The first kappa shape index (κ1) is 19.1. The number of methoxy groups -OCH3 is 1. The third kappa shape index (κ3) is 4.00. The fraction of sp³-hybridized carbons (Fsp3) is 0.111. The van der Waals surface area contributed by atoms with Crippen molar-refractivity contribution in [3.8, 4) is 11.5 Å². The summed E-state index contributed by atoms with van der Waals surface area (Å²) in [7, 11) is 1.44. The average molecular weight is 394 g/mol. The second kappa shape index (κ2) is 7.14. The Labute approximate surface area is 155 Å². The molecule has 2 amide bonds. The van der Waals surface area contributed by atoms with Gasteiger partial charge in [-0.2, -0.15) is 0 Å². The van der Waals surface area contributed by atoms with Crippen LogP contribution in [0.15, 0.2) is 46.9 Å². The summed E-state index contributed by atoms with van der Waals surface area (Å²) in [4.78, 5) is 24.2. The molecule has 0 radical (unpaired) electrons. The zero-order valence-electron chi connectivity index (χ0n) is 14.3. The number of benzene rings is 2. The molecule has 28 heavy (non-hydrogen) atoms. The highest BCUT2D eigenvalue weighted by atomic mass is 19.4. The zero-order valence-corrected chi connectivity index (χ0v) is 14.3. The lowest BCUT2D eigenvalue weighted by molar-refractivity contribution is -0.274. The number of hydrogen-bond donors (Lipinski definition) is 2. The van der Waals surface area contributed by atoms with Crippen LogP contribution in [0.2, 0.25) is 0 Å². The first-order valence-electron chi connectivity index (χ1n) is 7.75. The molecule has 0 spiro atoms. The van der Waals surface area contributed by atoms with Gasteiger partial charge in [-0.15, -0.1) is 13.2 Å². The first-order valence-corrected chi connectivity index (χ1v) is 7.75. The van der Waals surface area contributed by atoms with E-state index in [1.54, 1.807) is 12.1 Å². The van der Waals surface area contributed by atoms with Gasteiger partial charge in [-0.05, 0) is 30.3 Å². The molecule has 10 heteroatoms. The molecule has 0 bridgehead atoms. The van der Waals surface area contributed by atoms with Gasteiger partial charge in [-0.3, -0.25) is 9.59 Å². The molecule has 7 nitrogen and oxygen atoms in total. The molecule has 1 heterocycles. The SMILES string of the molecule is COc1ccc2c(NC(=O)c3cccc(OC(F)(F)F)c3)c(C(N)=O)oc2c1. The molecule has 0 fully saturated rings. The van der Waals surface area contributed by atoms with Crippen molar-refractivity contribution in [2.45, 2.75) is 6.36 Å². The molecule has 0 atom stereocenters. The van der Waals surface area contributed by atoms with Gasteiger partial charge in [-0.25, -0.2) is 0 Å². The summed E-state index contributed by atoms with van der Waals surface area (Å²) in [5, 5.41) is 2.81. The number of primary amides is 1. The molecule has 3 aromatic rings. The minimum atomic E-state index is -4.89. The van der Waals surface area contributed by atoms with Crippen LogP contribution in [0.4, 0.5) is 18.9 Å². The predicted octanol–water partition coefficient (Wildman–Crippen LogP) is 3.69. The maximum atomic E-state index is 12.5. The number of furan rings is 1. The maximum Gasteiger partial charge on any atom is 0.573 e. The standard InChI is InChI=1S/C18H13F3N2O5/c1-26-10-5-6-12-13(8-10)27-15(16(22)24)14(12)23-17(25)9-3-2-4-11(7-9)28-18(19,20)21/h2-8H,1H3,(H2,22,24)(H,23,25). The predicted molar refractivity (Wildman–Crippen MR) is 92.4 cm³/mol. The van der Waals surface area contributed by atoms with Crippen molar-refractivity contribution in [1.29, 1.82) is 0 Å². The number of carbonyl (C=O) groups excluding carboxylic acids is 2. The summed E-state index contributed by atoms with van der Waals surface area (Å²) < 4.78 is 51.3. The summed E-state index contributed by atoms with van der Waals surface area (Å²) in [6.45, 7) is 0. The summed E-state index contributed by atoms with van der Waals surface area (Å²) in [6.07, 6.45) is -4.89. The van der Waals surface area contributed by atoms with Gasteiger partial charge in [0.05, 0.1) is 7.11 Å². The lowest BCUT2D eigenvalue weighted by atomic mass is 10.1. The van der Waals surface area contributed by atoms with Crippen LogP contribution in [0.25, 0.3) is 11.0 Å². The van der Waals surface area contributed by atoms with Crippen molar-refractivity contribution in [3.05, 3.63) is 53.8 Å². The van der Waals surface area contributed by atoms with E-state index in [0.29, 0.717) is 11.1 Å². The van der Waals surface area contributed by atoms with Crippen molar-refractivity contribution < 1.29 is 36.7 Å². The number of amides is 2. The summed E-state index contributed by atoms with van der Waals surface area (Å²) >= 11 is 0. The number of carbonyl (C=O) groups is 2. The van der Waals surface area contributed by atoms with Crippen molar-refractivity contribution in [2.24, 2.45) is 5.73 Å². The van der Waals surface area contributed by atoms with Crippen LogP contribution in [0.3, 0.4) is 0 Å². The lowest BCUT2D eigenvalue weighted by Gasteiger charge is -2.10. The molecule has 0 aliphatic rings. The third-order valence-electron chi connectivity index (χ3n) is 3.69. The fourth-order valence-corrected chi connectivity index (χ4v) is 2.52. The molecule has 3 N–H and O–H groups in total. The highest BCUT2D eigenvalue weighted by molar-refractivity contribution is 6.14. The van der Waals surface area contributed by atoms with Gasteiger partial charge in [0.1, 0.15) is 22.8 Å². The minimum absolute atomic E-state index is 0.00250. The lowest BCUT2D eigenvalue weighted by Crippen LogP contribution is -2.19. The highest BCUT2D eigenvalue weighted by Crippen LogP contribution is 2.33. The van der Waals surface area contributed by atoms with Crippen molar-refractivity contribution in [2.75, 3.05) is 12.4 Å². The molecule has 0 aliphatic carbocycles. The summed E-state index contributed by atoms with van der Waals surface area (Å²) in [5.74, 6) is -2.13. The highest BCUT2D eigenvalue weighted by Gasteiger charge is 2.31. The second-order valence-corrected chi connectivity index (χ2v) is 5.56. The molecule has 0 saturated heterocycles. The van der Waals surface area contributed by atoms with E-state index in [9.17, 15) is 22.8 Å². The van der Waals surface area contributed by atoms with E-state index >= 15 is 0 Å². The molecule has 0 unspecified atom stereocenters. The third-order valence-corrected chi connectivity index (χ3v) is 3.69. The minimum Gasteiger partial charge on any atom is -0.497 e. The quantitative estimate of drug-likeness (QED) is 0.687. The van der Waals surface area contributed by atoms with Crippen LogP contribution in [0.5, 0.6) is 11.5 Å². The zero-order chi connectivity index (χ0) is 20.5. The van der Waals surface area contributed by atoms with E-state index in [2.05, 4.69) is 10.1 Å². The Balaban J connectivity index is 1.96. The number of nitrogens with one attached hydrogen (secondary N) is 1.